The van der Waals surface area contributed by atoms with Crippen LogP contribution in [0.5, 0.6) is 11.5 Å². The van der Waals surface area contributed by atoms with Crippen LogP contribution in [0.1, 0.15) is 25.3 Å². The highest BCUT2D eigenvalue weighted by Crippen LogP contribution is 2.32. The molecule has 0 radical (unpaired) electrons. The average molecular weight is 683 g/mol. The molecule has 4 aromatic carbocycles. The van der Waals surface area contributed by atoms with Gasteiger partial charge in [-0.2, -0.15) is 0 Å². The third kappa shape index (κ3) is 6.89. The maximum atomic E-state index is 9.85. The molecule has 2 aromatic heterocycles. The van der Waals surface area contributed by atoms with E-state index in [1.165, 1.54) is 0 Å². The number of rotatable bonds is 8. The fourth-order valence-electron chi connectivity index (χ4n) is 6.20. The maximum absolute atomic E-state index is 9.85. The van der Waals surface area contributed by atoms with Crippen LogP contribution < -0.4 is 9.47 Å². The summed E-state index contributed by atoms with van der Waals surface area (Å²) in [6, 6.07) is 23.9. The van der Waals surface area contributed by atoms with E-state index >= 15 is 0 Å². The lowest BCUT2D eigenvalue weighted by molar-refractivity contribution is -0.0489. The van der Waals surface area contributed by atoms with E-state index < -0.39 is 36.9 Å². The highest BCUT2D eigenvalue weighted by atomic mass is 16.5. The van der Waals surface area contributed by atoms with E-state index in [1.807, 2.05) is 72.8 Å². The number of benzene rings is 4. The number of hydrogen-bond acceptors (Lipinski definition) is 12. The lowest BCUT2D eigenvalue weighted by Crippen LogP contribution is -2.24. The largest absolute Gasteiger partial charge is 0.497 e. The highest BCUT2D eigenvalue weighted by Gasteiger charge is 2.36. The van der Waals surface area contributed by atoms with Crippen LogP contribution in [0.15, 0.2) is 85.2 Å². The van der Waals surface area contributed by atoms with Gasteiger partial charge < -0.3 is 39.4 Å². The van der Waals surface area contributed by atoms with Gasteiger partial charge in [0, 0.05) is 24.0 Å². The average Bonchev–Trinajstić information content (AvgIpc) is 3.97. The number of nitrogens with zero attached hydrogens (tertiary/aromatic N) is 6. The normalized spacial score (nSPS) is 23.2. The van der Waals surface area contributed by atoms with Crippen molar-refractivity contribution in [2.24, 2.45) is 0 Å². The van der Waals surface area contributed by atoms with Gasteiger partial charge in [-0.05, 0) is 57.9 Å². The Morgan fingerprint density at radius 3 is 1.40 bits per heavy atom. The van der Waals surface area contributed by atoms with Crippen molar-refractivity contribution in [2.75, 3.05) is 27.4 Å². The number of aromatic nitrogens is 6. The zero-order chi connectivity index (χ0) is 34.8. The second-order valence-electron chi connectivity index (χ2n) is 12.3. The smallest absolute Gasteiger partial charge is 0.155 e. The zero-order valence-corrected chi connectivity index (χ0v) is 27.5. The minimum Gasteiger partial charge on any atom is -0.497 e. The van der Waals surface area contributed by atoms with Gasteiger partial charge in [-0.1, -0.05) is 46.8 Å². The van der Waals surface area contributed by atoms with Crippen molar-refractivity contribution in [2.45, 2.75) is 49.7 Å². The molecule has 8 rings (SSSR count). The molecule has 14 heteroatoms. The molecule has 0 saturated carbocycles. The van der Waals surface area contributed by atoms with Gasteiger partial charge in [-0.25, -0.2) is 9.36 Å². The second-order valence-corrected chi connectivity index (χ2v) is 12.3. The summed E-state index contributed by atoms with van der Waals surface area (Å²) >= 11 is 0. The van der Waals surface area contributed by atoms with E-state index in [-0.39, 0.29) is 13.2 Å². The van der Waals surface area contributed by atoms with Gasteiger partial charge in [0.15, 0.2) is 12.5 Å². The third-order valence-corrected chi connectivity index (χ3v) is 9.07. The number of hydrogen-bond donors (Lipinski definition) is 4. The maximum Gasteiger partial charge on any atom is 0.155 e. The zero-order valence-electron chi connectivity index (χ0n) is 27.5. The molecular weight excluding hydrogens is 644 g/mol. The number of aliphatic hydroxyl groups excluding tert-OH is 4. The first kappa shape index (κ1) is 33.5. The van der Waals surface area contributed by atoms with Crippen molar-refractivity contribution < 1.29 is 39.4 Å². The van der Waals surface area contributed by atoms with Crippen molar-refractivity contribution in [3.8, 4) is 34.0 Å². The molecular formula is C36H38N6O8. The Morgan fingerprint density at radius 1 is 0.620 bits per heavy atom. The number of ether oxygens (including phenoxy) is 4. The van der Waals surface area contributed by atoms with Crippen LogP contribution in [0.4, 0.5) is 0 Å². The first-order chi connectivity index (χ1) is 24.3. The predicted molar refractivity (Wildman–Crippen MR) is 182 cm³/mol. The van der Waals surface area contributed by atoms with E-state index in [9.17, 15) is 20.4 Å². The Kier molecular flexibility index (Phi) is 9.72. The quantitative estimate of drug-likeness (QED) is 0.184. The Hall–Kier alpha value is -4.96. The van der Waals surface area contributed by atoms with E-state index in [2.05, 4.69) is 20.6 Å². The van der Waals surface area contributed by atoms with Crippen LogP contribution in [-0.2, 0) is 9.47 Å². The minimum absolute atomic E-state index is 0.215. The molecule has 0 unspecified atom stereocenters. The van der Waals surface area contributed by atoms with E-state index in [0.717, 1.165) is 55.6 Å². The molecule has 260 valence electrons. The Balaban J connectivity index is 0.000000157. The molecule has 4 heterocycles. The van der Waals surface area contributed by atoms with E-state index in [4.69, 9.17) is 18.9 Å². The van der Waals surface area contributed by atoms with Crippen LogP contribution in [0, 0.1) is 0 Å². The Morgan fingerprint density at radius 2 is 1.02 bits per heavy atom. The Bertz CT molecular complexity index is 1940. The third-order valence-electron chi connectivity index (χ3n) is 9.07. The highest BCUT2D eigenvalue weighted by molar-refractivity contribution is 5.88. The molecule has 50 heavy (non-hydrogen) atoms. The van der Waals surface area contributed by atoms with Crippen LogP contribution in [0.25, 0.3) is 44.1 Å². The van der Waals surface area contributed by atoms with Gasteiger partial charge in [-0.15, -0.1) is 10.2 Å². The van der Waals surface area contributed by atoms with Gasteiger partial charge in [-0.3, -0.25) is 0 Å². The molecule has 0 aliphatic carbocycles. The fraction of sp³-hybridized carbons (Fsp3) is 0.333. The number of methoxy groups -OCH3 is 2. The minimum atomic E-state index is -0.696. The molecule has 6 aromatic rings. The van der Waals surface area contributed by atoms with Crippen LogP contribution in [0.3, 0.4) is 0 Å². The molecule has 6 atom stereocenters. The molecule has 0 spiro atoms. The Labute approximate surface area is 287 Å². The second kappa shape index (κ2) is 14.5. The summed E-state index contributed by atoms with van der Waals surface area (Å²) in [4.78, 5) is 0. The molecule has 2 fully saturated rings. The molecule has 0 amide bonds. The van der Waals surface area contributed by atoms with Crippen LogP contribution in [0.2, 0.25) is 0 Å². The summed E-state index contributed by atoms with van der Waals surface area (Å²) in [7, 11) is 3.30. The summed E-state index contributed by atoms with van der Waals surface area (Å²) < 4.78 is 24.9. The van der Waals surface area contributed by atoms with Gasteiger partial charge in [0.1, 0.15) is 35.1 Å². The molecule has 4 N–H and O–H groups in total. The fourth-order valence-corrected chi connectivity index (χ4v) is 6.20. The van der Waals surface area contributed by atoms with Crippen molar-refractivity contribution in [1.82, 2.24) is 30.0 Å². The summed E-state index contributed by atoms with van der Waals surface area (Å²) in [5.74, 6) is 1.64. The van der Waals surface area contributed by atoms with Gasteiger partial charge in [0.2, 0.25) is 0 Å². The topological polar surface area (TPSA) is 179 Å². The van der Waals surface area contributed by atoms with Crippen LogP contribution in [-0.4, -0.2) is 102 Å². The van der Waals surface area contributed by atoms with Crippen molar-refractivity contribution in [3.05, 3.63) is 85.2 Å². The molecule has 14 nitrogen and oxygen atoms in total. The van der Waals surface area contributed by atoms with E-state index in [1.54, 1.807) is 36.0 Å². The molecule has 0 bridgehead atoms. The number of aliphatic hydroxyl groups is 4. The van der Waals surface area contributed by atoms with Gasteiger partial charge >= 0.3 is 0 Å². The van der Waals surface area contributed by atoms with Crippen molar-refractivity contribution in [1.29, 1.82) is 0 Å². The first-order valence-electron chi connectivity index (χ1n) is 16.2. The van der Waals surface area contributed by atoms with Crippen LogP contribution >= 0.6 is 0 Å². The lowest BCUT2D eigenvalue weighted by atomic mass is 10.1. The molecule has 2 saturated heterocycles. The van der Waals surface area contributed by atoms with Crippen molar-refractivity contribution in [3.63, 3.8) is 0 Å². The van der Waals surface area contributed by atoms with Gasteiger partial charge in [0.05, 0.1) is 52.0 Å². The summed E-state index contributed by atoms with van der Waals surface area (Å²) in [5, 5.41) is 59.1. The summed E-state index contributed by atoms with van der Waals surface area (Å²) in [6.45, 7) is -0.430. The monoisotopic (exact) mass is 682 g/mol. The predicted octanol–water partition coefficient (Wildman–Crippen LogP) is 3.50. The lowest BCUT2D eigenvalue weighted by Gasteiger charge is -2.11. The van der Waals surface area contributed by atoms with Crippen molar-refractivity contribution >= 4 is 21.5 Å². The van der Waals surface area contributed by atoms with Gasteiger partial charge in [0.25, 0.3) is 0 Å². The SMILES string of the molecule is COc1ccc2cc(-c3cn([C@H]4C[C@@H](O)[C@H](CO)O4)nn3)ccc2c1.COc1ccc2cc(-c3cn([C@H]4C[C@@H](O)[C@H](CO)O4)nn3)ccc2c1. The molecule has 2 aliphatic rings. The first-order valence-corrected chi connectivity index (χ1v) is 16.2. The van der Waals surface area contributed by atoms with E-state index in [0.29, 0.717) is 12.8 Å². The number of fused-ring (bicyclic) bond motifs is 2. The molecule has 2 aliphatic heterocycles. The summed E-state index contributed by atoms with van der Waals surface area (Å²) in [6.07, 6.45) is 0.968. The standard InChI is InChI=1S/2C18H19N3O4/c2*1-24-14-5-4-11-6-13(3-2-12(11)7-14)15-9-21(20-19-15)18-8-16(23)17(10-22)25-18/h2*2-7,9,16-18,22-23H,8,10H2,1H3/t2*16-,17+,18-/m11/s1. The summed E-state index contributed by atoms with van der Waals surface area (Å²) in [5.41, 5.74) is 3.34.